The molecule has 0 aromatic heterocycles. The predicted octanol–water partition coefficient (Wildman–Crippen LogP) is -0.271. The summed E-state index contributed by atoms with van der Waals surface area (Å²) in [5.41, 5.74) is -1.16. The summed E-state index contributed by atoms with van der Waals surface area (Å²) in [5, 5.41) is 0. The number of ketones is 2. The van der Waals surface area contributed by atoms with Crippen LogP contribution < -0.4 is 0 Å². The lowest BCUT2D eigenvalue weighted by atomic mass is 9.83. The van der Waals surface area contributed by atoms with Gasteiger partial charge >= 0.3 is 11.9 Å². The lowest BCUT2D eigenvalue weighted by molar-refractivity contribution is -0.153. The molecule has 0 fully saturated rings. The van der Waals surface area contributed by atoms with Crippen molar-refractivity contribution < 1.29 is 38.2 Å². The molecule has 3 rings (SSSR count). The van der Waals surface area contributed by atoms with Crippen molar-refractivity contribution in [3.63, 3.8) is 0 Å². The van der Waals surface area contributed by atoms with Crippen LogP contribution in [-0.2, 0) is 38.2 Å². The molecule has 10 nitrogen and oxygen atoms in total. The summed E-state index contributed by atoms with van der Waals surface area (Å²) in [6.45, 7) is 6.27. The Bertz CT molecular complexity index is 868. The molecule has 2 atom stereocenters. The number of likely N-dealkylation sites (N-methyl/N-ethyl adjacent to an activating group) is 2. The molecule has 0 saturated heterocycles. The molecule has 0 spiro atoms. The zero-order chi connectivity index (χ0) is 22.3. The predicted molar refractivity (Wildman–Crippen MR) is 99.1 cm³/mol. The molecule has 0 radical (unpaired) electrons. The molecule has 0 N–H and O–H groups in total. The Morgan fingerprint density at radius 3 is 1.30 bits per heavy atom. The molecule has 0 saturated carbocycles. The second kappa shape index (κ2) is 7.85. The van der Waals surface area contributed by atoms with Gasteiger partial charge in [0.1, 0.15) is 11.4 Å². The zero-order valence-corrected chi connectivity index (χ0v) is 17.1. The van der Waals surface area contributed by atoms with Crippen molar-refractivity contribution in [1.82, 2.24) is 9.80 Å². The Balaban J connectivity index is 2.19. The highest BCUT2D eigenvalue weighted by Crippen LogP contribution is 2.44. The number of hydrogen-bond acceptors (Lipinski definition) is 8. The molecule has 10 heteroatoms. The van der Waals surface area contributed by atoms with E-state index in [0.29, 0.717) is 0 Å². The minimum Gasteiger partial charge on any atom is -0.465 e. The summed E-state index contributed by atoms with van der Waals surface area (Å²) in [5.74, 6) is -8.14. The number of rotatable bonds is 6. The van der Waals surface area contributed by atoms with Gasteiger partial charge in [-0.2, -0.15) is 0 Å². The Morgan fingerprint density at radius 2 is 1.03 bits per heavy atom. The summed E-state index contributed by atoms with van der Waals surface area (Å²) >= 11 is 0. The number of amides is 2. The fourth-order valence-corrected chi connectivity index (χ4v) is 4.08. The van der Waals surface area contributed by atoms with Crippen molar-refractivity contribution in [2.24, 2.45) is 11.8 Å². The SMILES string of the molecule is CCOC(=O)C1C(=O)N(CC)C2=C1C(=O)C1=C(C2=O)C(C(=O)OCC)C(=O)N1CC. The average molecular weight is 418 g/mol. The number of hydrogen-bond donors (Lipinski definition) is 0. The summed E-state index contributed by atoms with van der Waals surface area (Å²) in [6.07, 6.45) is 0. The third-order valence-electron chi connectivity index (χ3n) is 5.25. The van der Waals surface area contributed by atoms with E-state index >= 15 is 0 Å². The van der Waals surface area contributed by atoms with Crippen LogP contribution in [0.4, 0.5) is 0 Å². The van der Waals surface area contributed by atoms with Gasteiger partial charge in [-0.1, -0.05) is 0 Å². The molecule has 3 aliphatic rings. The van der Waals surface area contributed by atoms with Crippen molar-refractivity contribution in [3.05, 3.63) is 22.5 Å². The lowest BCUT2D eigenvalue weighted by Gasteiger charge is -2.23. The van der Waals surface area contributed by atoms with Crippen LogP contribution in [-0.4, -0.2) is 71.4 Å². The van der Waals surface area contributed by atoms with E-state index in [1.165, 1.54) is 0 Å². The number of ether oxygens (including phenoxy) is 2. The van der Waals surface area contributed by atoms with E-state index in [1.807, 2.05) is 0 Å². The van der Waals surface area contributed by atoms with Gasteiger partial charge in [0.15, 0.2) is 11.8 Å². The van der Waals surface area contributed by atoms with E-state index in [2.05, 4.69) is 0 Å². The normalized spacial score (nSPS) is 23.3. The first-order chi connectivity index (χ1) is 14.3. The van der Waals surface area contributed by atoms with Gasteiger partial charge in [-0.15, -0.1) is 0 Å². The lowest BCUT2D eigenvalue weighted by Crippen LogP contribution is -2.37. The summed E-state index contributed by atoms with van der Waals surface area (Å²) in [4.78, 5) is 79.5. The second-order valence-electron chi connectivity index (χ2n) is 6.72. The Labute approximate surface area is 172 Å². The van der Waals surface area contributed by atoms with Crippen LogP contribution in [0.15, 0.2) is 22.5 Å². The van der Waals surface area contributed by atoms with E-state index in [4.69, 9.17) is 9.47 Å². The molecular weight excluding hydrogens is 396 g/mol. The minimum atomic E-state index is -1.58. The fourth-order valence-electron chi connectivity index (χ4n) is 4.08. The van der Waals surface area contributed by atoms with Crippen molar-refractivity contribution in [1.29, 1.82) is 0 Å². The van der Waals surface area contributed by atoms with Gasteiger partial charge in [0.05, 0.1) is 24.4 Å². The zero-order valence-electron chi connectivity index (χ0n) is 17.1. The summed E-state index contributed by atoms with van der Waals surface area (Å²) < 4.78 is 9.89. The Morgan fingerprint density at radius 1 is 0.700 bits per heavy atom. The molecule has 1 aliphatic carbocycles. The van der Waals surface area contributed by atoms with E-state index in [0.717, 1.165) is 9.80 Å². The van der Waals surface area contributed by atoms with Crippen LogP contribution in [0.5, 0.6) is 0 Å². The van der Waals surface area contributed by atoms with Gasteiger partial charge in [-0.05, 0) is 27.7 Å². The van der Waals surface area contributed by atoms with Crippen LogP contribution in [0.3, 0.4) is 0 Å². The molecule has 2 amide bonds. The molecule has 0 aromatic rings. The molecule has 2 aliphatic heterocycles. The monoisotopic (exact) mass is 418 g/mol. The van der Waals surface area contributed by atoms with Crippen LogP contribution in [0.25, 0.3) is 0 Å². The highest BCUT2D eigenvalue weighted by molar-refractivity contribution is 6.35. The van der Waals surface area contributed by atoms with Crippen molar-refractivity contribution in [3.8, 4) is 0 Å². The minimum absolute atomic E-state index is 0.0159. The number of carbonyl (C=O) groups excluding carboxylic acids is 6. The summed E-state index contributed by atoms with van der Waals surface area (Å²) in [7, 11) is 0. The quantitative estimate of drug-likeness (QED) is 0.328. The maximum absolute atomic E-state index is 13.4. The highest BCUT2D eigenvalue weighted by Gasteiger charge is 2.59. The van der Waals surface area contributed by atoms with Gasteiger partial charge < -0.3 is 19.3 Å². The second-order valence-corrected chi connectivity index (χ2v) is 6.72. The third kappa shape index (κ3) is 2.78. The highest BCUT2D eigenvalue weighted by atomic mass is 16.5. The first-order valence-corrected chi connectivity index (χ1v) is 9.80. The Kier molecular flexibility index (Phi) is 5.60. The standard InChI is InChI=1S/C20H22N2O8/c1-5-21-13-9(11(17(21)25)19(27)29-7-3)16(24)14-10(15(13)23)12(20(28)30-8-4)18(26)22(14)6-2/h11-12H,5-8H2,1-4H3. The van der Waals surface area contributed by atoms with E-state index in [-0.39, 0.29) is 48.8 Å². The molecule has 0 aromatic carbocycles. The van der Waals surface area contributed by atoms with Crippen LogP contribution >= 0.6 is 0 Å². The van der Waals surface area contributed by atoms with Crippen molar-refractivity contribution >= 4 is 35.3 Å². The number of carbonyl (C=O) groups is 6. The van der Waals surface area contributed by atoms with Crippen LogP contribution in [0, 0.1) is 11.8 Å². The molecule has 2 unspecified atom stereocenters. The molecule has 0 bridgehead atoms. The molecule has 2 heterocycles. The largest absolute Gasteiger partial charge is 0.465 e. The Hall–Kier alpha value is -3.30. The van der Waals surface area contributed by atoms with Crippen molar-refractivity contribution in [2.45, 2.75) is 27.7 Å². The molecule has 30 heavy (non-hydrogen) atoms. The van der Waals surface area contributed by atoms with E-state index < -0.39 is 47.2 Å². The smallest absolute Gasteiger partial charge is 0.323 e. The number of nitrogens with zero attached hydrogens (tertiary/aromatic N) is 2. The van der Waals surface area contributed by atoms with E-state index in [9.17, 15) is 28.8 Å². The first kappa shape index (κ1) is 21.4. The maximum Gasteiger partial charge on any atom is 0.323 e. The molecule has 160 valence electrons. The van der Waals surface area contributed by atoms with Crippen LogP contribution in [0.2, 0.25) is 0 Å². The van der Waals surface area contributed by atoms with Gasteiger partial charge in [0.2, 0.25) is 23.4 Å². The average Bonchev–Trinajstić information content (AvgIpc) is 3.17. The summed E-state index contributed by atoms with van der Waals surface area (Å²) in [6, 6.07) is 0. The van der Waals surface area contributed by atoms with Gasteiger partial charge in [-0.25, -0.2) is 0 Å². The fraction of sp³-hybridized carbons (Fsp3) is 0.500. The number of esters is 2. The van der Waals surface area contributed by atoms with Gasteiger partial charge in [0.25, 0.3) is 0 Å². The van der Waals surface area contributed by atoms with Gasteiger partial charge in [-0.3, -0.25) is 28.8 Å². The first-order valence-electron chi connectivity index (χ1n) is 9.80. The maximum atomic E-state index is 13.4. The third-order valence-corrected chi connectivity index (χ3v) is 5.25. The van der Waals surface area contributed by atoms with Crippen molar-refractivity contribution in [2.75, 3.05) is 26.3 Å². The number of allylic oxidation sites excluding steroid dienone is 2. The van der Waals surface area contributed by atoms with E-state index in [1.54, 1.807) is 27.7 Å². The molecular formula is C20H22N2O8. The van der Waals surface area contributed by atoms with Gasteiger partial charge in [0, 0.05) is 13.1 Å². The topological polar surface area (TPSA) is 127 Å². The number of Topliss-reactive ketones (excluding diaryl/α,β-unsaturated/α-hetero) is 2. The van der Waals surface area contributed by atoms with Crippen LogP contribution in [0.1, 0.15) is 27.7 Å².